The highest BCUT2D eigenvalue weighted by atomic mass is 79.9. The monoisotopic (exact) mass is 327 g/mol. The van der Waals surface area contributed by atoms with Gasteiger partial charge in [-0.3, -0.25) is 9.78 Å². The number of ketones is 1. The number of carbonyl (C=O) groups excluding carboxylic acids is 1. The van der Waals surface area contributed by atoms with Crippen LogP contribution in [-0.2, 0) is 6.42 Å². The van der Waals surface area contributed by atoms with Gasteiger partial charge in [0.2, 0.25) is 0 Å². The molecule has 2 nitrogen and oxygen atoms in total. The molecule has 0 aliphatic rings. The number of Topliss-reactive ketones (excluding diaryl/α,β-unsaturated/α-hetero) is 1. The van der Waals surface area contributed by atoms with E-state index in [0.29, 0.717) is 10.7 Å². The summed E-state index contributed by atoms with van der Waals surface area (Å²) in [7, 11) is 0. The molecular weight excluding hydrogens is 321 g/mol. The Morgan fingerprint density at radius 1 is 1.33 bits per heavy atom. The van der Waals surface area contributed by atoms with Crippen LogP contribution in [0.5, 0.6) is 0 Å². The molecule has 0 atom stereocenters. The van der Waals surface area contributed by atoms with Crippen molar-refractivity contribution >= 4 is 33.3 Å². The van der Waals surface area contributed by atoms with E-state index in [1.54, 1.807) is 12.1 Å². The number of benzene rings is 1. The zero-order valence-corrected chi connectivity index (χ0v) is 11.5. The Morgan fingerprint density at radius 3 is 2.78 bits per heavy atom. The normalized spacial score (nSPS) is 10.4. The summed E-state index contributed by atoms with van der Waals surface area (Å²) >= 11 is 9.00. The lowest BCUT2D eigenvalue weighted by Gasteiger charge is -2.03. The van der Waals surface area contributed by atoms with Crippen molar-refractivity contribution in [3.05, 3.63) is 63.1 Å². The number of hydrogen-bond acceptors (Lipinski definition) is 2. The van der Waals surface area contributed by atoms with Gasteiger partial charge >= 0.3 is 0 Å². The third kappa shape index (κ3) is 3.15. The maximum Gasteiger partial charge on any atom is 0.185 e. The summed E-state index contributed by atoms with van der Waals surface area (Å²) in [5, 5.41) is 0.406. The smallest absolute Gasteiger partial charge is 0.185 e. The van der Waals surface area contributed by atoms with Gasteiger partial charge in [0, 0.05) is 22.1 Å². The van der Waals surface area contributed by atoms with Crippen molar-refractivity contribution in [1.82, 2.24) is 4.98 Å². The maximum atomic E-state index is 13.5. The minimum Gasteiger partial charge on any atom is -0.292 e. The molecule has 1 heterocycles. The van der Waals surface area contributed by atoms with Gasteiger partial charge in [0.1, 0.15) is 11.5 Å². The van der Waals surface area contributed by atoms with Crippen LogP contribution < -0.4 is 0 Å². The standard InChI is InChI=1S/C13H8BrClFNO/c14-9-1-4-12(17-7-9)13(18)6-8-5-10(15)2-3-11(8)16/h1-5,7H,6H2. The van der Waals surface area contributed by atoms with Crippen molar-refractivity contribution in [2.24, 2.45) is 0 Å². The van der Waals surface area contributed by atoms with Gasteiger partial charge in [-0.1, -0.05) is 11.6 Å². The van der Waals surface area contributed by atoms with E-state index in [2.05, 4.69) is 20.9 Å². The largest absolute Gasteiger partial charge is 0.292 e. The minimum absolute atomic E-state index is 0.0545. The lowest BCUT2D eigenvalue weighted by atomic mass is 10.1. The van der Waals surface area contributed by atoms with Crippen LogP contribution in [-0.4, -0.2) is 10.8 Å². The molecule has 1 aromatic carbocycles. The second kappa shape index (κ2) is 5.59. The van der Waals surface area contributed by atoms with Gasteiger partial charge in [-0.25, -0.2) is 4.39 Å². The Hall–Kier alpha value is -1.26. The molecule has 0 bridgehead atoms. The number of pyridine rings is 1. The van der Waals surface area contributed by atoms with Crippen molar-refractivity contribution in [2.45, 2.75) is 6.42 Å². The lowest BCUT2D eigenvalue weighted by molar-refractivity contribution is 0.0987. The van der Waals surface area contributed by atoms with E-state index in [1.165, 1.54) is 24.4 Å². The fourth-order valence-electron chi connectivity index (χ4n) is 1.48. The molecule has 0 aliphatic heterocycles. The molecular formula is C13H8BrClFNO. The topological polar surface area (TPSA) is 30.0 Å². The average Bonchev–Trinajstić information content (AvgIpc) is 2.34. The van der Waals surface area contributed by atoms with Crippen molar-refractivity contribution in [3.8, 4) is 0 Å². The first kappa shape index (κ1) is 13.2. The predicted molar refractivity (Wildman–Crippen MR) is 71.4 cm³/mol. The fraction of sp³-hybridized carbons (Fsp3) is 0.0769. The number of halogens is 3. The highest BCUT2D eigenvalue weighted by Gasteiger charge is 2.12. The van der Waals surface area contributed by atoms with Crippen molar-refractivity contribution in [3.63, 3.8) is 0 Å². The molecule has 0 aliphatic carbocycles. The maximum absolute atomic E-state index is 13.5. The zero-order chi connectivity index (χ0) is 13.1. The summed E-state index contributed by atoms with van der Waals surface area (Å²) in [5.74, 6) is -0.687. The third-order valence-corrected chi connectivity index (χ3v) is 3.08. The molecule has 5 heteroatoms. The Morgan fingerprint density at radius 2 is 2.11 bits per heavy atom. The molecule has 2 rings (SSSR count). The highest BCUT2D eigenvalue weighted by molar-refractivity contribution is 9.10. The summed E-state index contributed by atoms with van der Waals surface area (Å²) in [5.41, 5.74) is 0.579. The van der Waals surface area contributed by atoms with E-state index >= 15 is 0 Å². The summed E-state index contributed by atoms with van der Waals surface area (Å²) in [4.78, 5) is 15.9. The van der Waals surface area contributed by atoms with Crippen LogP contribution in [0.3, 0.4) is 0 Å². The molecule has 0 N–H and O–H groups in total. The van der Waals surface area contributed by atoms with Gasteiger partial charge in [-0.2, -0.15) is 0 Å². The van der Waals surface area contributed by atoms with E-state index in [-0.39, 0.29) is 17.8 Å². The summed E-state index contributed by atoms with van der Waals surface area (Å²) < 4.78 is 14.3. The van der Waals surface area contributed by atoms with Crippen molar-refractivity contribution in [2.75, 3.05) is 0 Å². The molecule has 0 radical (unpaired) electrons. The van der Waals surface area contributed by atoms with Crippen LogP contribution in [0.2, 0.25) is 5.02 Å². The fourth-order valence-corrected chi connectivity index (χ4v) is 1.91. The average molecular weight is 329 g/mol. The Labute approximate surface area is 117 Å². The van der Waals surface area contributed by atoms with Crippen molar-refractivity contribution < 1.29 is 9.18 Å². The van der Waals surface area contributed by atoms with Gasteiger partial charge in [0.05, 0.1) is 0 Å². The van der Waals surface area contributed by atoms with Gasteiger partial charge in [0.15, 0.2) is 5.78 Å². The molecule has 0 unspecified atom stereocenters. The Kier molecular flexibility index (Phi) is 4.09. The number of nitrogens with zero attached hydrogens (tertiary/aromatic N) is 1. The summed E-state index contributed by atoms with van der Waals surface area (Å²) in [6.45, 7) is 0. The molecule has 0 amide bonds. The number of carbonyl (C=O) groups is 1. The number of hydrogen-bond donors (Lipinski definition) is 0. The van der Waals surface area contributed by atoms with Gasteiger partial charge < -0.3 is 0 Å². The second-order valence-electron chi connectivity index (χ2n) is 3.70. The Balaban J connectivity index is 2.21. The summed E-state index contributed by atoms with van der Waals surface area (Å²) in [6.07, 6.45) is 1.47. The quantitative estimate of drug-likeness (QED) is 0.795. The van der Waals surface area contributed by atoms with Gasteiger partial charge in [-0.05, 0) is 51.8 Å². The molecule has 0 saturated carbocycles. The van der Waals surface area contributed by atoms with E-state index in [9.17, 15) is 9.18 Å². The third-order valence-electron chi connectivity index (χ3n) is 2.37. The number of rotatable bonds is 3. The van der Waals surface area contributed by atoms with Crippen LogP contribution in [0.4, 0.5) is 4.39 Å². The van der Waals surface area contributed by atoms with Crippen LogP contribution in [0, 0.1) is 5.82 Å². The predicted octanol–water partition coefficient (Wildman–Crippen LogP) is 4.06. The second-order valence-corrected chi connectivity index (χ2v) is 5.05. The first-order chi connectivity index (χ1) is 8.56. The number of aromatic nitrogens is 1. The molecule has 1 aromatic heterocycles. The molecule has 2 aromatic rings. The van der Waals surface area contributed by atoms with E-state index in [0.717, 1.165) is 4.47 Å². The zero-order valence-electron chi connectivity index (χ0n) is 9.16. The molecule has 0 fully saturated rings. The first-order valence-electron chi connectivity index (χ1n) is 5.15. The molecule has 18 heavy (non-hydrogen) atoms. The van der Waals surface area contributed by atoms with Crippen LogP contribution in [0.1, 0.15) is 16.1 Å². The van der Waals surface area contributed by atoms with E-state index in [4.69, 9.17) is 11.6 Å². The van der Waals surface area contributed by atoms with Gasteiger partial charge in [-0.15, -0.1) is 0 Å². The molecule has 92 valence electrons. The molecule has 0 spiro atoms. The lowest BCUT2D eigenvalue weighted by Crippen LogP contribution is -2.07. The highest BCUT2D eigenvalue weighted by Crippen LogP contribution is 2.17. The van der Waals surface area contributed by atoms with E-state index < -0.39 is 5.82 Å². The van der Waals surface area contributed by atoms with Gasteiger partial charge in [0.25, 0.3) is 0 Å². The van der Waals surface area contributed by atoms with E-state index in [1.807, 2.05) is 0 Å². The Bertz CT molecular complexity index is 586. The SMILES string of the molecule is O=C(Cc1cc(Cl)ccc1F)c1ccc(Br)cn1. The van der Waals surface area contributed by atoms with Crippen LogP contribution in [0.25, 0.3) is 0 Å². The first-order valence-corrected chi connectivity index (χ1v) is 6.32. The van der Waals surface area contributed by atoms with Crippen molar-refractivity contribution in [1.29, 1.82) is 0 Å². The summed E-state index contributed by atoms with van der Waals surface area (Å²) in [6, 6.07) is 7.46. The van der Waals surface area contributed by atoms with Crippen LogP contribution >= 0.6 is 27.5 Å². The molecule has 0 saturated heterocycles. The van der Waals surface area contributed by atoms with Crippen LogP contribution in [0.15, 0.2) is 41.0 Å². The minimum atomic E-state index is -0.440.